The van der Waals surface area contributed by atoms with Gasteiger partial charge in [-0.05, 0) is 35.8 Å². The third-order valence-corrected chi connectivity index (χ3v) is 3.65. The summed E-state index contributed by atoms with van der Waals surface area (Å²) in [4.78, 5) is 5.53. The molecule has 0 saturated heterocycles. The maximum Gasteiger partial charge on any atom is 0.174 e. The first-order chi connectivity index (χ1) is 7.28. The average molecular weight is 237 g/mol. The highest BCUT2D eigenvalue weighted by Gasteiger charge is 2.03. The second kappa shape index (κ2) is 4.63. The SMILES string of the molecule is CCc1nsc(Sc2ccc(N)cc2)n1. The number of anilines is 1. The fraction of sp³-hybridized carbons (Fsp3) is 0.200. The number of aryl methyl sites for hydroxylation is 1. The van der Waals surface area contributed by atoms with E-state index in [0.717, 1.165) is 27.2 Å². The van der Waals surface area contributed by atoms with Crippen molar-refractivity contribution in [2.75, 3.05) is 5.73 Å². The smallest absolute Gasteiger partial charge is 0.174 e. The lowest BCUT2D eigenvalue weighted by atomic mass is 10.3. The summed E-state index contributed by atoms with van der Waals surface area (Å²) in [6.45, 7) is 2.06. The van der Waals surface area contributed by atoms with E-state index < -0.39 is 0 Å². The standard InChI is InChI=1S/C10H11N3S2/c1-2-9-12-10(15-13-9)14-8-5-3-7(11)4-6-8/h3-6H,2,11H2,1H3. The molecule has 0 amide bonds. The third kappa shape index (κ3) is 2.70. The molecule has 1 aromatic heterocycles. The summed E-state index contributed by atoms with van der Waals surface area (Å²) in [6, 6.07) is 7.77. The molecule has 0 aliphatic carbocycles. The van der Waals surface area contributed by atoms with Gasteiger partial charge in [0.25, 0.3) is 0 Å². The van der Waals surface area contributed by atoms with Gasteiger partial charge in [0, 0.05) is 17.0 Å². The molecule has 2 aromatic rings. The van der Waals surface area contributed by atoms with Crippen LogP contribution < -0.4 is 5.73 Å². The highest BCUT2D eigenvalue weighted by atomic mass is 32.2. The van der Waals surface area contributed by atoms with Crippen LogP contribution in [0.5, 0.6) is 0 Å². The van der Waals surface area contributed by atoms with Gasteiger partial charge in [-0.15, -0.1) is 0 Å². The minimum Gasteiger partial charge on any atom is -0.399 e. The Bertz CT molecular complexity index is 436. The van der Waals surface area contributed by atoms with Gasteiger partial charge in [-0.2, -0.15) is 4.37 Å². The van der Waals surface area contributed by atoms with Crippen LogP contribution in [0.3, 0.4) is 0 Å². The number of hydrogen-bond acceptors (Lipinski definition) is 5. The van der Waals surface area contributed by atoms with E-state index in [1.54, 1.807) is 11.8 Å². The third-order valence-electron chi connectivity index (χ3n) is 1.85. The largest absolute Gasteiger partial charge is 0.399 e. The Balaban J connectivity index is 2.11. The zero-order valence-electron chi connectivity index (χ0n) is 8.30. The number of aromatic nitrogens is 2. The molecule has 1 aromatic carbocycles. The van der Waals surface area contributed by atoms with Crippen molar-refractivity contribution in [3.05, 3.63) is 30.1 Å². The Kier molecular flexibility index (Phi) is 3.23. The zero-order chi connectivity index (χ0) is 10.7. The Morgan fingerprint density at radius 1 is 1.33 bits per heavy atom. The predicted octanol–water partition coefficient (Wildman–Crippen LogP) is 2.83. The fourth-order valence-corrected chi connectivity index (χ4v) is 2.73. The lowest BCUT2D eigenvalue weighted by Crippen LogP contribution is -1.83. The Morgan fingerprint density at radius 3 is 2.67 bits per heavy atom. The maximum atomic E-state index is 5.61. The first kappa shape index (κ1) is 10.4. The summed E-state index contributed by atoms with van der Waals surface area (Å²) in [5, 5.41) is 0. The summed E-state index contributed by atoms with van der Waals surface area (Å²) in [6.07, 6.45) is 0.888. The molecule has 0 unspecified atom stereocenters. The molecule has 78 valence electrons. The molecule has 0 atom stereocenters. The van der Waals surface area contributed by atoms with Crippen molar-refractivity contribution in [1.29, 1.82) is 0 Å². The van der Waals surface area contributed by atoms with E-state index >= 15 is 0 Å². The normalized spacial score (nSPS) is 10.5. The van der Waals surface area contributed by atoms with Crippen molar-refractivity contribution in [2.45, 2.75) is 22.6 Å². The quantitative estimate of drug-likeness (QED) is 0.834. The number of rotatable bonds is 3. The highest BCUT2D eigenvalue weighted by molar-refractivity contribution is 8.01. The predicted molar refractivity (Wildman–Crippen MR) is 64.3 cm³/mol. The van der Waals surface area contributed by atoms with Crippen LogP contribution in [0.15, 0.2) is 33.5 Å². The molecule has 0 radical (unpaired) electrons. The van der Waals surface area contributed by atoms with Gasteiger partial charge >= 0.3 is 0 Å². The summed E-state index contributed by atoms with van der Waals surface area (Å²) in [5.41, 5.74) is 6.39. The summed E-state index contributed by atoms with van der Waals surface area (Å²) in [5.74, 6) is 0.915. The Labute approximate surface area is 96.9 Å². The van der Waals surface area contributed by atoms with Crippen LogP contribution in [0.2, 0.25) is 0 Å². The van der Waals surface area contributed by atoms with Crippen LogP contribution in [0.25, 0.3) is 0 Å². The molecule has 1 heterocycles. The van der Waals surface area contributed by atoms with Crippen molar-refractivity contribution >= 4 is 29.0 Å². The lowest BCUT2D eigenvalue weighted by molar-refractivity contribution is 0.971. The van der Waals surface area contributed by atoms with Crippen molar-refractivity contribution < 1.29 is 0 Å². The summed E-state index contributed by atoms with van der Waals surface area (Å²) < 4.78 is 5.22. The van der Waals surface area contributed by atoms with Crippen LogP contribution in [-0.2, 0) is 6.42 Å². The van der Waals surface area contributed by atoms with Crippen LogP contribution in [0.4, 0.5) is 5.69 Å². The highest BCUT2D eigenvalue weighted by Crippen LogP contribution is 2.29. The molecule has 2 rings (SSSR count). The van der Waals surface area contributed by atoms with Crippen molar-refractivity contribution in [3.8, 4) is 0 Å². The van der Waals surface area contributed by atoms with E-state index in [0.29, 0.717) is 0 Å². The Morgan fingerprint density at radius 2 is 2.07 bits per heavy atom. The van der Waals surface area contributed by atoms with Gasteiger partial charge in [0.2, 0.25) is 0 Å². The monoisotopic (exact) mass is 237 g/mol. The van der Waals surface area contributed by atoms with E-state index in [-0.39, 0.29) is 0 Å². The molecule has 0 aliphatic heterocycles. The molecule has 3 nitrogen and oxygen atoms in total. The van der Waals surface area contributed by atoms with Crippen LogP contribution in [0.1, 0.15) is 12.7 Å². The van der Waals surface area contributed by atoms with Crippen LogP contribution in [0, 0.1) is 0 Å². The molecule has 0 aliphatic rings. The number of nitrogen functional groups attached to an aromatic ring is 1. The van der Waals surface area contributed by atoms with E-state index in [2.05, 4.69) is 16.3 Å². The van der Waals surface area contributed by atoms with Crippen molar-refractivity contribution in [2.24, 2.45) is 0 Å². The first-order valence-electron chi connectivity index (χ1n) is 4.64. The number of benzene rings is 1. The fourth-order valence-electron chi connectivity index (χ4n) is 1.06. The van der Waals surface area contributed by atoms with Crippen molar-refractivity contribution in [3.63, 3.8) is 0 Å². The van der Waals surface area contributed by atoms with Gasteiger partial charge in [0.05, 0.1) is 0 Å². The van der Waals surface area contributed by atoms with E-state index in [9.17, 15) is 0 Å². The van der Waals surface area contributed by atoms with Gasteiger partial charge in [0.1, 0.15) is 5.82 Å². The van der Waals surface area contributed by atoms with E-state index in [4.69, 9.17) is 5.73 Å². The van der Waals surface area contributed by atoms with Crippen LogP contribution >= 0.6 is 23.3 Å². The molecule has 0 saturated carbocycles. The van der Waals surface area contributed by atoms with Gasteiger partial charge in [-0.25, -0.2) is 4.98 Å². The average Bonchev–Trinajstić information content (AvgIpc) is 2.69. The topological polar surface area (TPSA) is 51.8 Å². The second-order valence-electron chi connectivity index (χ2n) is 3.00. The van der Waals surface area contributed by atoms with Gasteiger partial charge in [-0.1, -0.05) is 18.7 Å². The number of nitrogens with zero attached hydrogens (tertiary/aromatic N) is 2. The molecular weight excluding hydrogens is 226 g/mol. The summed E-state index contributed by atoms with van der Waals surface area (Å²) in [7, 11) is 0. The van der Waals surface area contributed by atoms with Gasteiger partial charge in [-0.3, -0.25) is 0 Å². The van der Waals surface area contributed by atoms with E-state index in [1.807, 2.05) is 24.3 Å². The van der Waals surface area contributed by atoms with Crippen molar-refractivity contribution in [1.82, 2.24) is 9.36 Å². The summed E-state index contributed by atoms with van der Waals surface area (Å²) >= 11 is 3.07. The molecule has 0 fully saturated rings. The molecule has 15 heavy (non-hydrogen) atoms. The van der Waals surface area contributed by atoms with E-state index in [1.165, 1.54) is 11.5 Å². The maximum absolute atomic E-state index is 5.61. The minimum absolute atomic E-state index is 0.783. The van der Waals surface area contributed by atoms with Gasteiger partial charge in [0.15, 0.2) is 4.34 Å². The second-order valence-corrected chi connectivity index (χ2v) is 5.07. The number of nitrogens with two attached hydrogens (primary N) is 1. The molecular formula is C10H11N3S2. The number of hydrogen-bond donors (Lipinski definition) is 1. The molecule has 2 N–H and O–H groups in total. The van der Waals surface area contributed by atoms with Crippen LogP contribution in [-0.4, -0.2) is 9.36 Å². The lowest BCUT2D eigenvalue weighted by Gasteiger charge is -1.97. The molecule has 0 bridgehead atoms. The van der Waals surface area contributed by atoms with Gasteiger partial charge < -0.3 is 5.73 Å². The first-order valence-corrected chi connectivity index (χ1v) is 6.23. The molecule has 0 spiro atoms. The molecule has 5 heteroatoms. The minimum atomic E-state index is 0.783. The Hall–Kier alpha value is -1.07. The zero-order valence-corrected chi connectivity index (χ0v) is 9.94.